The molecular weight excluding hydrogens is 384 g/mol. The first-order valence-electron chi connectivity index (χ1n) is 8.32. The highest BCUT2D eigenvalue weighted by Crippen LogP contribution is 2.13. The van der Waals surface area contributed by atoms with Crippen LogP contribution < -0.4 is 11.1 Å². The summed E-state index contributed by atoms with van der Waals surface area (Å²) in [5, 5.41) is 2.48. The average molecular weight is 404 g/mol. The predicted molar refractivity (Wildman–Crippen MR) is 102 cm³/mol. The van der Waals surface area contributed by atoms with Gasteiger partial charge in [-0.3, -0.25) is 14.4 Å². The fourth-order valence-electron chi connectivity index (χ4n) is 2.21. The standard InChI is InChI=1S/C19H20N2O6S/c1-13-2-8-16(9-3-13)28(25,26)11-10-18(23)27-12-17(22)21-15-6-4-14(5-7-15)19(20)24/h2-9H,10-12H2,1H3,(H2,20,24)(H,21,22). The maximum Gasteiger partial charge on any atom is 0.307 e. The normalized spacial score (nSPS) is 10.9. The lowest BCUT2D eigenvalue weighted by atomic mass is 10.2. The molecule has 2 aromatic rings. The van der Waals surface area contributed by atoms with Gasteiger partial charge in [0.25, 0.3) is 5.91 Å². The highest BCUT2D eigenvalue weighted by molar-refractivity contribution is 7.91. The van der Waals surface area contributed by atoms with Crippen molar-refractivity contribution in [2.24, 2.45) is 5.73 Å². The number of nitrogens with one attached hydrogen (secondary N) is 1. The van der Waals surface area contributed by atoms with E-state index in [9.17, 15) is 22.8 Å². The van der Waals surface area contributed by atoms with Gasteiger partial charge in [-0.05, 0) is 43.3 Å². The SMILES string of the molecule is Cc1ccc(S(=O)(=O)CCC(=O)OCC(=O)Nc2ccc(C(N)=O)cc2)cc1. The second kappa shape index (κ2) is 9.14. The topological polar surface area (TPSA) is 133 Å². The minimum absolute atomic E-state index is 0.128. The number of amides is 2. The van der Waals surface area contributed by atoms with Crippen LogP contribution in [0.1, 0.15) is 22.3 Å². The number of ether oxygens (including phenoxy) is 1. The molecule has 0 atom stereocenters. The van der Waals surface area contributed by atoms with E-state index in [4.69, 9.17) is 10.5 Å². The number of sulfone groups is 1. The van der Waals surface area contributed by atoms with Gasteiger partial charge in [-0.15, -0.1) is 0 Å². The van der Waals surface area contributed by atoms with Crippen LogP contribution in [0.3, 0.4) is 0 Å². The van der Waals surface area contributed by atoms with E-state index >= 15 is 0 Å². The molecule has 148 valence electrons. The van der Waals surface area contributed by atoms with Crippen molar-refractivity contribution in [3.63, 3.8) is 0 Å². The Bertz CT molecular complexity index is 966. The van der Waals surface area contributed by atoms with Gasteiger partial charge in [0.2, 0.25) is 5.91 Å². The molecule has 0 unspecified atom stereocenters. The highest BCUT2D eigenvalue weighted by atomic mass is 32.2. The van der Waals surface area contributed by atoms with Crippen molar-refractivity contribution in [2.75, 3.05) is 17.7 Å². The van der Waals surface area contributed by atoms with Crippen LogP contribution in [0.4, 0.5) is 5.69 Å². The third kappa shape index (κ3) is 6.20. The first-order chi connectivity index (χ1) is 13.2. The number of nitrogens with two attached hydrogens (primary N) is 1. The number of anilines is 1. The minimum Gasteiger partial charge on any atom is -0.456 e. The molecular formula is C19H20N2O6S. The molecule has 0 bridgehead atoms. The van der Waals surface area contributed by atoms with Crippen LogP contribution in [0.25, 0.3) is 0 Å². The Balaban J connectivity index is 1.79. The molecule has 28 heavy (non-hydrogen) atoms. The van der Waals surface area contributed by atoms with E-state index in [1.165, 1.54) is 36.4 Å². The summed E-state index contributed by atoms with van der Waals surface area (Å²) in [6, 6.07) is 12.2. The summed E-state index contributed by atoms with van der Waals surface area (Å²) in [6.07, 6.45) is -0.364. The van der Waals surface area contributed by atoms with E-state index in [2.05, 4.69) is 5.32 Å². The number of carbonyl (C=O) groups excluding carboxylic acids is 3. The quantitative estimate of drug-likeness (QED) is 0.640. The Kier molecular flexibility index (Phi) is 6.89. The Morgan fingerprint density at radius 1 is 1.00 bits per heavy atom. The molecule has 2 amide bonds. The zero-order chi connectivity index (χ0) is 20.7. The zero-order valence-corrected chi connectivity index (χ0v) is 16.0. The van der Waals surface area contributed by atoms with E-state index in [-0.39, 0.29) is 11.3 Å². The van der Waals surface area contributed by atoms with Crippen molar-refractivity contribution in [3.8, 4) is 0 Å². The van der Waals surface area contributed by atoms with E-state index in [1.807, 2.05) is 6.92 Å². The molecule has 0 aromatic heterocycles. The van der Waals surface area contributed by atoms with Gasteiger partial charge in [0, 0.05) is 11.3 Å². The number of benzene rings is 2. The number of rotatable bonds is 8. The van der Waals surface area contributed by atoms with Gasteiger partial charge in [0.15, 0.2) is 16.4 Å². The third-order valence-electron chi connectivity index (χ3n) is 3.77. The van der Waals surface area contributed by atoms with E-state index in [1.54, 1.807) is 12.1 Å². The van der Waals surface area contributed by atoms with Gasteiger partial charge in [-0.2, -0.15) is 0 Å². The van der Waals surface area contributed by atoms with Gasteiger partial charge < -0.3 is 15.8 Å². The Hall–Kier alpha value is -3.20. The molecule has 0 aliphatic carbocycles. The van der Waals surface area contributed by atoms with Gasteiger partial charge >= 0.3 is 5.97 Å². The average Bonchev–Trinajstić information content (AvgIpc) is 2.65. The summed E-state index contributed by atoms with van der Waals surface area (Å²) in [5.74, 6) is -2.39. The lowest BCUT2D eigenvalue weighted by Crippen LogP contribution is -2.22. The lowest BCUT2D eigenvalue weighted by Gasteiger charge is -2.08. The molecule has 0 fully saturated rings. The number of hydrogen-bond acceptors (Lipinski definition) is 6. The van der Waals surface area contributed by atoms with Crippen molar-refractivity contribution < 1.29 is 27.5 Å². The largest absolute Gasteiger partial charge is 0.456 e. The lowest BCUT2D eigenvalue weighted by molar-refractivity contribution is -0.146. The Morgan fingerprint density at radius 3 is 2.18 bits per heavy atom. The summed E-state index contributed by atoms with van der Waals surface area (Å²) in [4.78, 5) is 34.6. The molecule has 0 spiro atoms. The van der Waals surface area contributed by atoms with Crippen molar-refractivity contribution in [1.29, 1.82) is 0 Å². The van der Waals surface area contributed by atoms with Crippen LogP contribution in [0.5, 0.6) is 0 Å². The number of carbonyl (C=O) groups is 3. The molecule has 8 nitrogen and oxygen atoms in total. The van der Waals surface area contributed by atoms with Crippen molar-refractivity contribution >= 4 is 33.3 Å². The van der Waals surface area contributed by atoms with Crippen LogP contribution in [0.2, 0.25) is 0 Å². The van der Waals surface area contributed by atoms with Crippen LogP contribution in [0, 0.1) is 6.92 Å². The molecule has 0 saturated carbocycles. The monoisotopic (exact) mass is 404 g/mol. The van der Waals surface area contributed by atoms with Crippen LogP contribution in [0.15, 0.2) is 53.4 Å². The molecule has 0 aliphatic heterocycles. The minimum atomic E-state index is -3.61. The van der Waals surface area contributed by atoms with Gasteiger partial charge in [-0.1, -0.05) is 17.7 Å². The second-order valence-electron chi connectivity index (χ2n) is 6.03. The molecule has 2 aromatic carbocycles. The predicted octanol–water partition coefficient (Wildman–Crippen LogP) is 1.44. The van der Waals surface area contributed by atoms with Crippen molar-refractivity contribution in [3.05, 3.63) is 59.7 Å². The van der Waals surface area contributed by atoms with Gasteiger partial charge in [0.05, 0.1) is 17.1 Å². The molecule has 0 heterocycles. The number of esters is 1. The molecule has 9 heteroatoms. The van der Waals surface area contributed by atoms with Crippen molar-refractivity contribution in [2.45, 2.75) is 18.2 Å². The Labute approximate surface area is 162 Å². The number of aryl methyl sites for hydroxylation is 1. The summed E-state index contributed by atoms with van der Waals surface area (Å²) in [6.45, 7) is 1.28. The fourth-order valence-corrected chi connectivity index (χ4v) is 3.44. The summed E-state index contributed by atoms with van der Waals surface area (Å²) >= 11 is 0. The summed E-state index contributed by atoms with van der Waals surface area (Å²) < 4.78 is 29.2. The number of hydrogen-bond donors (Lipinski definition) is 2. The highest BCUT2D eigenvalue weighted by Gasteiger charge is 2.17. The second-order valence-corrected chi connectivity index (χ2v) is 8.14. The van der Waals surface area contributed by atoms with Crippen LogP contribution in [-0.2, 0) is 24.2 Å². The molecule has 3 N–H and O–H groups in total. The van der Waals surface area contributed by atoms with E-state index < -0.39 is 40.0 Å². The Morgan fingerprint density at radius 2 is 1.61 bits per heavy atom. The van der Waals surface area contributed by atoms with Crippen molar-refractivity contribution in [1.82, 2.24) is 0 Å². The molecule has 2 rings (SSSR count). The zero-order valence-electron chi connectivity index (χ0n) is 15.2. The molecule has 0 aliphatic rings. The van der Waals surface area contributed by atoms with Gasteiger partial charge in [0.1, 0.15) is 0 Å². The fraction of sp³-hybridized carbons (Fsp3) is 0.211. The maximum absolute atomic E-state index is 12.2. The smallest absolute Gasteiger partial charge is 0.307 e. The first kappa shape index (κ1) is 21.1. The first-order valence-corrected chi connectivity index (χ1v) is 9.97. The summed E-state index contributed by atoms with van der Waals surface area (Å²) in [5.41, 5.74) is 6.73. The maximum atomic E-state index is 12.2. The van der Waals surface area contributed by atoms with Gasteiger partial charge in [-0.25, -0.2) is 8.42 Å². The van der Waals surface area contributed by atoms with Crippen LogP contribution in [-0.4, -0.2) is 38.6 Å². The van der Waals surface area contributed by atoms with E-state index in [0.29, 0.717) is 11.3 Å². The van der Waals surface area contributed by atoms with Crippen LogP contribution >= 0.6 is 0 Å². The third-order valence-corrected chi connectivity index (χ3v) is 5.50. The molecule has 0 saturated heterocycles. The van der Waals surface area contributed by atoms with E-state index in [0.717, 1.165) is 5.56 Å². The summed E-state index contributed by atoms with van der Waals surface area (Å²) in [7, 11) is -3.61. The number of primary amides is 1. The molecule has 0 radical (unpaired) electrons.